The lowest BCUT2D eigenvalue weighted by atomic mass is 9.76. The van der Waals surface area contributed by atoms with E-state index in [0.29, 0.717) is 6.04 Å². The van der Waals surface area contributed by atoms with Gasteiger partial charge in [-0.2, -0.15) is 0 Å². The summed E-state index contributed by atoms with van der Waals surface area (Å²) < 4.78 is 0. The highest BCUT2D eigenvalue weighted by Gasteiger charge is 2.53. The van der Waals surface area contributed by atoms with Crippen LogP contribution in [-0.2, 0) is 12.8 Å². The molecule has 0 saturated heterocycles. The van der Waals surface area contributed by atoms with E-state index in [9.17, 15) is 0 Å². The molecule has 0 aromatic heterocycles. The van der Waals surface area contributed by atoms with Gasteiger partial charge < -0.3 is 5.73 Å². The number of hydrogen-bond donors (Lipinski definition) is 1. The summed E-state index contributed by atoms with van der Waals surface area (Å²) in [5, 5.41) is 0. The Morgan fingerprint density at radius 3 is 2.14 bits per heavy atom. The zero-order valence-electron chi connectivity index (χ0n) is 13.8. The van der Waals surface area contributed by atoms with Crippen molar-refractivity contribution in [1.82, 2.24) is 4.90 Å². The van der Waals surface area contributed by atoms with Gasteiger partial charge in [-0.05, 0) is 69.0 Å². The number of fused-ring (bicyclic) bond motifs is 3. The minimum absolute atomic E-state index is 0.203. The Morgan fingerprint density at radius 2 is 1.71 bits per heavy atom. The van der Waals surface area contributed by atoms with Gasteiger partial charge in [0.05, 0.1) is 0 Å². The van der Waals surface area contributed by atoms with E-state index in [1.54, 1.807) is 11.1 Å². The molecule has 2 heteroatoms. The second kappa shape index (κ2) is 5.73. The second-order valence-electron chi connectivity index (χ2n) is 7.21. The zero-order chi connectivity index (χ0) is 15.0. The molecular formula is C19H30N2. The van der Waals surface area contributed by atoms with Gasteiger partial charge in [0.25, 0.3) is 0 Å². The van der Waals surface area contributed by atoms with Crippen LogP contribution in [0.4, 0.5) is 0 Å². The highest BCUT2D eigenvalue weighted by Crippen LogP contribution is 2.50. The van der Waals surface area contributed by atoms with Crippen molar-refractivity contribution in [2.45, 2.75) is 57.5 Å². The van der Waals surface area contributed by atoms with Crippen LogP contribution < -0.4 is 5.73 Å². The smallest absolute Gasteiger partial charge is 0.0393 e. The van der Waals surface area contributed by atoms with E-state index in [-0.39, 0.29) is 5.54 Å². The summed E-state index contributed by atoms with van der Waals surface area (Å²) in [6.07, 6.45) is 6.31. The summed E-state index contributed by atoms with van der Waals surface area (Å²) in [6.45, 7) is 5.45. The van der Waals surface area contributed by atoms with Gasteiger partial charge in [-0.3, -0.25) is 4.90 Å². The molecule has 2 aliphatic carbocycles. The van der Waals surface area contributed by atoms with Gasteiger partial charge in [-0.15, -0.1) is 0 Å². The zero-order valence-corrected chi connectivity index (χ0v) is 13.8. The van der Waals surface area contributed by atoms with Gasteiger partial charge in [0.1, 0.15) is 0 Å². The number of benzene rings is 1. The molecule has 1 aromatic carbocycles. The number of nitrogens with two attached hydrogens (primary N) is 1. The number of likely N-dealkylation sites (N-methyl/N-ethyl adjacent to an activating group) is 1. The summed E-state index contributed by atoms with van der Waals surface area (Å²) >= 11 is 0. The lowest BCUT2D eigenvalue weighted by Crippen LogP contribution is -2.61. The van der Waals surface area contributed by atoms with Crippen molar-refractivity contribution < 1.29 is 0 Å². The maximum absolute atomic E-state index is 6.42. The minimum atomic E-state index is 0.203. The predicted octanol–water partition coefficient (Wildman–Crippen LogP) is 3.24. The minimum Gasteiger partial charge on any atom is -0.329 e. The lowest BCUT2D eigenvalue weighted by molar-refractivity contribution is 0.0156. The van der Waals surface area contributed by atoms with Crippen molar-refractivity contribution >= 4 is 0 Å². The maximum atomic E-state index is 6.42. The fourth-order valence-electron chi connectivity index (χ4n) is 5.02. The van der Waals surface area contributed by atoms with Gasteiger partial charge in [-0.1, -0.05) is 31.2 Å². The molecule has 3 unspecified atom stereocenters. The highest BCUT2D eigenvalue weighted by atomic mass is 15.2. The van der Waals surface area contributed by atoms with E-state index in [1.165, 1.54) is 32.1 Å². The molecule has 1 fully saturated rings. The average Bonchev–Trinajstić information content (AvgIpc) is 2.76. The topological polar surface area (TPSA) is 29.3 Å². The molecule has 2 nitrogen and oxygen atoms in total. The van der Waals surface area contributed by atoms with Crippen molar-refractivity contribution in [1.29, 1.82) is 0 Å². The fraction of sp³-hybridized carbons (Fsp3) is 0.684. The Morgan fingerprint density at radius 1 is 1.19 bits per heavy atom. The molecule has 21 heavy (non-hydrogen) atoms. The van der Waals surface area contributed by atoms with Crippen LogP contribution in [0, 0.1) is 11.8 Å². The number of hydrogen-bond acceptors (Lipinski definition) is 2. The van der Waals surface area contributed by atoms with Gasteiger partial charge in [0, 0.05) is 18.1 Å². The summed E-state index contributed by atoms with van der Waals surface area (Å²) in [7, 11) is 2.32. The molecule has 0 spiro atoms. The largest absolute Gasteiger partial charge is 0.329 e. The number of rotatable bonds is 4. The summed E-state index contributed by atoms with van der Waals surface area (Å²) in [4.78, 5) is 2.64. The molecule has 0 radical (unpaired) electrons. The van der Waals surface area contributed by atoms with Crippen LogP contribution in [-0.4, -0.2) is 30.1 Å². The monoisotopic (exact) mass is 286 g/mol. The molecule has 3 rings (SSSR count). The van der Waals surface area contributed by atoms with E-state index in [2.05, 4.69) is 50.1 Å². The molecule has 0 heterocycles. The van der Waals surface area contributed by atoms with Gasteiger partial charge >= 0.3 is 0 Å². The first-order chi connectivity index (χ1) is 10.1. The van der Waals surface area contributed by atoms with Crippen LogP contribution in [0.1, 0.15) is 44.2 Å². The van der Waals surface area contributed by atoms with Crippen molar-refractivity contribution in [3.05, 3.63) is 35.4 Å². The van der Waals surface area contributed by atoms with Crippen LogP contribution in [0.15, 0.2) is 24.3 Å². The molecule has 1 aromatic rings. The predicted molar refractivity (Wildman–Crippen MR) is 89.4 cm³/mol. The molecular weight excluding hydrogens is 256 g/mol. The van der Waals surface area contributed by atoms with E-state index < -0.39 is 0 Å². The Kier molecular flexibility index (Phi) is 4.11. The first-order valence-corrected chi connectivity index (χ1v) is 8.63. The van der Waals surface area contributed by atoms with E-state index in [4.69, 9.17) is 5.73 Å². The highest BCUT2D eigenvalue weighted by molar-refractivity contribution is 5.32. The maximum Gasteiger partial charge on any atom is 0.0393 e. The Labute approximate surface area is 129 Å². The van der Waals surface area contributed by atoms with Crippen molar-refractivity contribution in [3.8, 4) is 0 Å². The second-order valence-corrected chi connectivity index (χ2v) is 7.21. The van der Waals surface area contributed by atoms with Crippen molar-refractivity contribution in [2.75, 3.05) is 13.6 Å². The summed E-state index contributed by atoms with van der Waals surface area (Å²) in [5.41, 5.74) is 9.76. The Bertz CT molecular complexity index is 463. The van der Waals surface area contributed by atoms with Gasteiger partial charge in [0.2, 0.25) is 0 Å². The van der Waals surface area contributed by atoms with E-state index in [1.807, 2.05) is 0 Å². The normalized spacial score (nSPS) is 32.8. The van der Waals surface area contributed by atoms with Crippen molar-refractivity contribution in [3.63, 3.8) is 0 Å². The molecule has 3 atom stereocenters. The first kappa shape index (κ1) is 15.1. The van der Waals surface area contributed by atoms with Crippen LogP contribution in [0.5, 0.6) is 0 Å². The SMILES string of the molecule is CCC(C)N(C)C1(CN)C2CCC1Cc1ccccc1C2. The molecule has 2 N–H and O–H groups in total. The third-order valence-electron chi connectivity index (χ3n) is 6.56. The van der Waals surface area contributed by atoms with E-state index in [0.717, 1.165) is 18.4 Å². The van der Waals surface area contributed by atoms with Crippen LogP contribution in [0.25, 0.3) is 0 Å². The third kappa shape index (κ3) is 2.24. The number of nitrogens with zero attached hydrogens (tertiary/aromatic N) is 1. The standard InChI is InChI=1S/C19H30N2/c1-4-14(2)21(3)19(13-20)17-9-10-18(19)12-16-8-6-5-7-15(16)11-17/h5-8,14,17-18H,4,9-13,20H2,1-3H3. The quantitative estimate of drug-likeness (QED) is 0.920. The lowest BCUT2D eigenvalue weighted by Gasteiger charge is -2.49. The fourth-order valence-corrected chi connectivity index (χ4v) is 5.02. The average molecular weight is 286 g/mol. The molecule has 116 valence electrons. The van der Waals surface area contributed by atoms with Gasteiger partial charge in [-0.25, -0.2) is 0 Å². The van der Waals surface area contributed by atoms with Crippen LogP contribution in [0.3, 0.4) is 0 Å². The van der Waals surface area contributed by atoms with Crippen LogP contribution >= 0.6 is 0 Å². The third-order valence-corrected chi connectivity index (χ3v) is 6.56. The first-order valence-electron chi connectivity index (χ1n) is 8.63. The molecule has 2 bridgehead atoms. The summed E-state index contributed by atoms with van der Waals surface area (Å²) in [5.74, 6) is 1.44. The Hall–Kier alpha value is -0.860. The van der Waals surface area contributed by atoms with Crippen LogP contribution in [0.2, 0.25) is 0 Å². The molecule has 2 aliphatic rings. The Balaban J connectivity index is 2.00. The molecule has 1 saturated carbocycles. The molecule has 0 amide bonds. The summed E-state index contributed by atoms with van der Waals surface area (Å²) in [6, 6.07) is 9.67. The molecule has 0 aliphatic heterocycles. The van der Waals surface area contributed by atoms with E-state index >= 15 is 0 Å². The van der Waals surface area contributed by atoms with Crippen molar-refractivity contribution in [2.24, 2.45) is 17.6 Å². The van der Waals surface area contributed by atoms with Gasteiger partial charge in [0.15, 0.2) is 0 Å².